The van der Waals surface area contributed by atoms with Crippen LogP contribution in [-0.2, 0) is 9.47 Å². The van der Waals surface area contributed by atoms with Gasteiger partial charge in [-0.2, -0.15) is 0 Å². The summed E-state index contributed by atoms with van der Waals surface area (Å²) in [5.41, 5.74) is 10.7. The fourth-order valence-electron chi connectivity index (χ4n) is 0.964. The van der Waals surface area contributed by atoms with Gasteiger partial charge in [0.05, 0.1) is 26.4 Å². The van der Waals surface area contributed by atoms with Crippen molar-refractivity contribution in [1.82, 2.24) is 0 Å². The van der Waals surface area contributed by atoms with E-state index in [0.717, 1.165) is 0 Å². The predicted molar refractivity (Wildman–Crippen MR) is 64.2 cm³/mol. The highest BCUT2D eigenvalue weighted by Crippen LogP contribution is 2.00. The third-order valence-electron chi connectivity index (χ3n) is 1.57. The highest BCUT2D eigenvalue weighted by molar-refractivity contribution is 4.71. The van der Waals surface area contributed by atoms with Crippen molar-refractivity contribution in [2.45, 2.75) is 44.9 Å². The van der Waals surface area contributed by atoms with Gasteiger partial charge in [0.25, 0.3) is 0 Å². The van der Waals surface area contributed by atoms with E-state index < -0.39 is 6.10 Å². The molecule has 0 aliphatic carbocycles. The predicted octanol–water partition coefficient (Wildman–Crippen LogP) is -0.145. The molecule has 5 N–H and O–H groups in total. The molecule has 0 saturated carbocycles. The topological polar surface area (TPSA) is 90.7 Å². The van der Waals surface area contributed by atoms with Gasteiger partial charge in [-0.15, -0.1) is 0 Å². The van der Waals surface area contributed by atoms with Crippen molar-refractivity contribution >= 4 is 0 Å². The van der Waals surface area contributed by atoms with Gasteiger partial charge < -0.3 is 26.0 Å². The van der Waals surface area contributed by atoms with Crippen LogP contribution in [0, 0.1) is 0 Å². The van der Waals surface area contributed by atoms with E-state index in [4.69, 9.17) is 20.9 Å². The van der Waals surface area contributed by atoms with Crippen LogP contribution in [0.3, 0.4) is 0 Å². The Balaban J connectivity index is 3.49. The van der Waals surface area contributed by atoms with E-state index in [0.29, 0.717) is 13.2 Å². The Morgan fingerprint density at radius 3 is 1.50 bits per heavy atom. The molecule has 0 heterocycles. The number of nitrogens with two attached hydrogens (primary N) is 2. The van der Waals surface area contributed by atoms with Crippen molar-refractivity contribution in [3.05, 3.63) is 0 Å². The van der Waals surface area contributed by atoms with Crippen molar-refractivity contribution in [2.75, 3.05) is 26.4 Å². The minimum absolute atomic E-state index is 0.228. The van der Waals surface area contributed by atoms with E-state index in [1.807, 2.05) is 27.7 Å². The van der Waals surface area contributed by atoms with Crippen LogP contribution < -0.4 is 11.5 Å². The molecule has 0 amide bonds. The Hall–Kier alpha value is -0.200. The fraction of sp³-hybridized carbons (Fsp3) is 1.00. The lowest BCUT2D eigenvalue weighted by molar-refractivity contribution is -0.0330. The molecule has 5 nitrogen and oxygen atoms in total. The molecule has 0 aromatic heterocycles. The third kappa shape index (κ3) is 11.9. The summed E-state index contributed by atoms with van der Waals surface area (Å²) in [6.07, 6.45) is -0.635. The van der Waals surface area contributed by atoms with Crippen LogP contribution in [0.2, 0.25) is 0 Å². The number of aliphatic hydroxyl groups is 1. The molecule has 0 unspecified atom stereocenters. The van der Waals surface area contributed by atoms with Crippen LogP contribution in [0.25, 0.3) is 0 Å². The molecule has 0 radical (unpaired) electrons. The Bertz CT molecular complexity index is 165. The Kier molecular flexibility index (Phi) is 6.43. The first kappa shape index (κ1) is 15.8. The van der Waals surface area contributed by atoms with Gasteiger partial charge in [-0.1, -0.05) is 0 Å². The van der Waals surface area contributed by atoms with Crippen molar-refractivity contribution in [3.63, 3.8) is 0 Å². The molecule has 0 bridgehead atoms. The molecule has 0 saturated heterocycles. The summed E-state index contributed by atoms with van der Waals surface area (Å²) in [4.78, 5) is 0. The molecule has 0 rings (SSSR count). The second-order valence-corrected chi connectivity index (χ2v) is 5.66. The first-order valence-corrected chi connectivity index (χ1v) is 5.51. The quantitative estimate of drug-likeness (QED) is 0.543. The average molecular weight is 234 g/mol. The lowest BCUT2D eigenvalue weighted by Gasteiger charge is -2.21. The molecule has 0 aromatic rings. The summed E-state index contributed by atoms with van der Waals surface area (Å²) in [5.74, 6) is 0. The summed E-state index contributed by atoms with van der Waals surface area (Å²) in [7, 11) is 0. The second-order valence-electron chi connectivity index (χ2n) is 5.66. The van der Waals surface area contributed by atoms with Gasteiger partial charge in [0, 0.05) is 11.1 Å². The van der Waals surface area contributed by atoms with Gasteiger partial charge >= 0.3 is 0 Å². The minimum atomic E-state index is -0.635. The van der Waals surface area contributed by atoms with Crippen molar-refractivity contribution in [1.29, 1.82) is 0 Å². The third-order valence-corrected chi connectivity index (χ3v) is 1.57. The normalized spacial score (nSPS) is 13.5. The van der Waals surface area contributed by atoms with Gasteiger partial charge in [0.15, 0.2) is 0 Å². The summed E-state index contributed by atoms with van der Waals surface area (Å²) in [6, 6.07) is 0. The molecule has 0 fully saturated rings. The number of hydrogen-bond acceptors (Lipinski definition) is 5. The van der Waals surface area contributed by atoms with Crippen LogP contribution in [0.1, 0.15) is 27.7 Å². The van der Waals surface area contributed by atoms with E-state index in [1.165, 1.54) is 0 Å². The van der Waals surface area contributed by atoms with Crippen LogP contribution in [0.15, 0.2) is 0 Å². The monoisotopic (exact) mass is 234 g/mol. The molecule has 16 heavy (non-hydrogen) atoms. The average Bonchev–Trinajstić information content (AvgIpc) is 1.98. The number of hydrogen-bond donors (Lipinski definition) is 3. The lowest BCUT2D eigenvalue weighted by atomic mass is 10.1. The van der Waals surface area contributed by atoms with Gasteiger partial charge in [-0.05, 0) is 27.7 Å². The summed E-state index contributed by atoms with van der Waals surface area (Å²) >= 11 is 0. The summed E-state index contributed by atoms with van der Waals surface area (Å²) in [6.45, 7) is 8.75. The number of rotatable bonds is 8. The van der Waals surface area contributed by atoms with Crippen molar-refractivity contribution < 1.29 is 14.6 Å². The van der Waals surface area contributed by atoms with Gasteiger partial charge in [-0.3, -0.25) is 0 Å². The van der Waals surface area contributed by atoms with Crippen LogP contribution >= 0.6 is 0 Å². The molecule has 0 aliphatic rings. The van der Waals surface area contributed by atoms with Crippen molar-refractivity contribution in [2.24, 2.45) is 11.5 Å². The zero-order chi connectivity index (χ0) is 12.8. The van der Waals surface area contributed by atoms with Crippen LogP contribution in [0.5, 0.6) is 0 Å². The molecule has 0 atom stereocenters. The molecule has 0 aliphatic heterocycles. The van der Waals surface area contributed by atoms with Gasteiger partial charge in [0.2, 0.25) is 0 Å². The second kappa shape index (κ2) is 6.51. The van der Waals surface area contributed by atoms with Gasteiger partial charge in [-0.25, -0.2) is 0 Å². The molecule has 0 spiro atoms. The standard InChI is InChI=1S/C11H26N2O3/c1-10(2,12)7-15-5-9(14)6-16-8-11(3,4)13/h9,14H,5-8,12-13H2,1-4H3. The number of ether oxygens (including phenoxy) is 2. The first-order valence-electron chi connectivity index (χ1n) is 5.51. The Labute approximate surface area is 98.1 Å². The van der Waals surface area contributed by atoms with E-state index in [2.05, 4.69) is 0 Å². The fourth-order valence-corrected chi connectivity index (χ4v) is 0.964. The largest absolute Gasteiger partial charge is 0.388 e. The van der Waals surface area contributed by atoms with Gasteiger partial charge in [0.1, 0.15) is 6.10 Å². The zero-order valence-electron chi connectivity index (χ0n) is 10.8. The van der Waals surface area contributed by atoms with Crippen LogP contribution in [-0.4, -0.2) is 48.7 Å². The van der Waals surface area contributed by atoms with E-state index in [-0.39, 0.29) is 24.3 Å². The first-order chi connectivity index (χ1) is 7.10. The molecular weight excluding hydrogens is 208 g/mol. The Morgan fingerprint density at radius 2 is 1.25 bits per heavy atom. The minimum Gasteiger partial charge on any atom is -0.388 e. The maximum Gasteiger partial charge on any atom is 0.101 e. The maximum absolute atomic E-state index is 9.51. The van der Waals surface area contributed by atoms with E-state index in [1.54, 1.807) is 0 Å². The highest BCUT2D eigenvalue weighted by Gasteiger charge is 2.14. The Morgan fingerprint density at radius 1 is 0.938 bits per heavy atom. The zero-order valence-corrected chi connectivity index (χ0v) is 10.8. The van der Waals surface area contributed by atoms with E-state index in [9.17, 15) is 5.11 Å². The van der Waals surface area contributed by atoms with Crippen molar-refractivity contribution in [3.8, 4) is 0 Å². The maximum atomic E-state index is 9.51. The molecule has 5 heteroatoms. The smallest absolute Gasteiger partial charge is 0.101 e. The summed E-state index contributed by atoms with van der Waals surface area (Å²) in [5, 5.41) is 9.51. The van der Waals surface area contributed by atoms with E-state index >= 15 is 0 Å². The highest BCUT2D eigenvalue weighted by atomic mass is 16.5. The molecule has 98 valence electrons. The number of aliphatic hydroxyl groups excluding tert-OH is 1. The molecule has 0 aromatic carbocycles. The molecular formula is C11H26N2O3. The lowest BCUT2D eigenvalue weighted by Crippen LogP contribution is -2.40. The summed E-state index contributed by atoms with van der Waals surface area (Å²) < 4.78 is 10.5. The SMILES string of the molecule is CC(C)(N)COCC(O)COCC(C)(C)N. The van der Waals surface area contributed by atoms with Crippen LogP contribution in [0.4, 0.5) is 0 Å².